The molecule has 1 aliphatic heterocycles. The minimum Gasteiger partial charge on any atom is -0.497 e. The van der Waals surface area contributed by atoms with Crippen LogP contribution in [-0.2, 0) is 10.4 Å². The molecule has 1 saturated heterocycles. The van der Waals surface area contributed by atoms with Crippen molar-refractivity contribution < 1.29 is 21.8 Å². The topological polar surface area (TPSA) is 66.9 Å². The molecule has 1 amide bonds. The number of hydrogen-bond acceptors (Lipinski definition) is 4. The summed E-state index contributed by atoms with van der Waals surface area (Å²) < 4.78 is 40.6. The molecule has 0 unspecified atom stereocenters. The highest BCUT2D eigenvalue weighted by Crippen LogP contribution is 2.15. The van der Waals surface area contributed by atoms with E-state index in [9.17, 15) is 17.1 Å². The standard InChI is InChI=1S/C13H17FN2O4S/c1-20-12-5-3-11(4-6-12)13(17)15-7-2-8-16(10-9-15)21(14,18)19/h3-6H,2,7-10H2,1H3. The predicted molar refractivity (Wildman–Crippen MR) is 75.1 cm³/mol. The van der Waals surface area contributed by atoms with Crippen LogP contribution in [0.2, 0.25) is 0 Å². The van der Waals surface area contributed by atoms with Gasteiger partial charge in [0.25, 0.3) is 5.91 Å². The van der Waals surface area contributed by atoms with Crippen molar-refractivity contribution in [3.63, 3.8) is 0 Å². The first kappa shape index (κ1) is 15.7. The van der Waals surface area contributed by atoms with Crippen molar-refractivity contribution in [2.75, 3.05) is 33.3 Å². The molecule has 1 aromatic rings. The van der Waals surface area contributed by atoms with Crippen LogP contribution in [-0.4, -0.2) is 56.8 Å². The van der Waals surface area contributed by atoms with E-state index in [1.165, 1.54) is 12.0 Å². The number of benzene rings is 1. The van der Waals surface area contributed by atoms with Gasteiger partial charge in [0.15, 0.2) is 0 Å². The largest absolute Gasteiger partial charge is 0.497 e. The van der Waals surface area contributed by atoms with Crippen LogP contribution in [0.4, 0.5) is 3.89 Å². The van der Waals surface area contributed by atoms with Crippen LogP contribution < -0.4 is 4.74 Å². The average Bonchev–Trinajstić information content (AvgIpc) is 2.72. The van der Waals surface area contributed by atoms with E-state index in [2.05, 4.69) is 0 Å². The lowest BCUT2D eigenvalue weighted by Crippen LogP contribution is -2.36. The van der Waals surface area contributed by atoms with E-state index in [4.69, 9.17) is 4.74 Å². The Bertz CT molecular complexity index is 603. The maximum atomic E-state index is 13.0. The molecular weight excluding hydrogens is 299 g/mol. The van der Waals surface area contributed by atoms with Crippen molar-refractivity contribution in [2.45, 2.75) is 6.42 Å². The molecule has 1 aliphatic rings. The lowest BCUT2D eigenvalue weighted by atomic mass is 10.2. The molecule has 0 saturated carbocycles. The third-order valence-corrected chi connectivity index (χ3v) is 4.37. The second-order valence-electron chi connectivity index (χ2n) is 4.72. The van der Waals surface area contributed by atoms with Crippen LogP contribution >= 0.6 is 0 Å². The highest BCUT2D eigenvalue weighted by atomic mass is 32.3. The molecule has 1 heterocycles. The number of hydrogen-bond donors (Lipinski definition) is 0. The van der Waals surface area contributed by atoms with Gasteiger partial charge in [0, 0.05) is 31.7 Å². The van der Waals surface area contributed by atoms with Crippen LogP contribution in [0, 0.1) is 0 Å². The van der Waals surface area contributed by atoms with E-state index < -0.39 is 10.4 Å². The summed E-state index contributed by atoms with van der Waals surface area (Å²) in [5.41, 5.74) is 0.493. The van der Waals surface area contributed by atoms with Crippen LogP contribution in [0.1, 0.15) is 16.8 Å². The summed E-state index contributed by atoms with van der Waals surface area (Å²) in [6.45, 7) is 0.636. The molecule has 0 N–H and O–H groups in total. The molecule has 0 atom stereocenters. The first-order valence-corrected chi connectivity index (χ1v) is 7.89. The molecule has 1 aromatic carbocycles. The van der Waals surface area contributed by atoms with Crippen molar-refractivity contribution >= 4 is 16.3 Å². The van der Waals surface area contributed by atoms with Crippen molar-refractivity contribution in [3.05, 3.63) is 29.8 Å². The molecule has 0 radical (unpaired) electrons. The Morgan fingerprint density at radius 3 is 2.38 bits per heavy atom. The summed E-state index contributed by atoms with van der Waals surface area (Å²) in [7, 11) is -3.15. The van der Waals surface area contributed by atoms with Gasteiger partial charge in [-0.2, -0.15) is 12.7 Å². The Hall–Kier alpha value is -1.67. The molecule has 8 heteroatoms. The molecule has 0 aliphatic carbocycles. The van der Waals surface area contributed by atoms with Crippen molar-refractivity contribution in [1.82, 2.24) is 9.21 Å². The molecule has 21 heavy (non-hydrogen) atoms. The molecule has 0 spiro atoms. The highest BCUT2D eigenvalue weighted by molar-refractivity contribution is 7.83. The quantitative estimate of drug-likeness (QED) is 0.782. The number of halogens is 1. The smallest absolute Gasteiger partial charge is 0.374 e. The van der Waals surface area contributed by atoms with Gasteiger partial charge in [-0.1, -0.05) is 3.89 Å². The number of ether oxygens (including phenoxy) is 1. The Morgan fingerprint density at radius 1 is 1.14 bits per heavy atom. The molecule has 0 bridgehead atoms. The summed E-state index contributed by atoms with van der Waals surface area (Å²) in [5, 5.41) is 0. The van der Waals surface area contributed by atoms with Crippen molar-refractivity contribution in [3.8, 4) is 5.75 Å². The van der Waals surface area contributed by atoms with Gasteiger partial charge in [-0.15, -0.1) is 0 Å². The van der Waals surface area contributed by atoms with Crippen LogP contribution in [0.15, 0.2) is 24.3 Å². The van der Waals surface area contributed by atoms with E-state index in [1.54, 1.807) is 24.3 Å². The molecule has 116 valence electrons. The summed E-state index contributed by atoms with van der Waals surface area (Å²) in [6.07, 6.45) is 0.408. The first-order chi connectivity index (χ1) is 9.91. The Kier molecular flexibility index (Phi) is 4.79. The monoisotopic (exact) mass is 316 g/mol. The minimum atomic E-state index is -4.69. The molecular formula is C13H17FN2O4S. The fraction of sp³-hybridized carbons (Fsp3) is 0.462. The number of rotatable bonds is 3. The summed E-state index contributed by atoms with van der Waals surface area (Å²) in [4.78, 5) is 13.9. The van der Waals surface area contributed by atoms with E-state index in [-0.39, 0.29) is 25.5 Å². The maximum absolute atomic E-state index is 13.0. The number of carbonyl (C=O) groups excluding carboxylic acids is 1. The molecule has 1 fully saturated rings. The van der Waals surface area contributed by atoms with E-state index >= 15 is 0 Å². The van der Waals surface area contributed by atoms with Gasteiger partial charge in [0.05, 0.1) is 7.11 Å². The fourth-order valence-corrected chi connectivity index (χ4v) is 2.88. The first-order valence-electron chi connectivity index (χ1n) is 6.55. The lowest BCUT2D eigenvalue weighted by Gasteiger charge is -2.20. The normalized spacial score (nSPS) is 17.3. The second kappa shape index (κ2) is 6.40. The van der Waals surface area contributed by atoms with Gasteiger partial charge in [0.2, 0.25) is 0 Å². The van der Waals surface area contributed by atoms with Gasteiger partial charge < -0.3 is 9.64 Å². The van der Waals surface area contributed by atoms with Crippen molar-refractivity contribution in [1.29, 1.82) is 0 Å². The number of methoxy groups -OCH3 is 1. The fourth-order valence-electron chi connectivity index (χ4n) is 2.23. The summed E-state index contributed by atoms with van der Waals surface area (Å²) in [5.74, 6) is 0.452. The zero-order valence-electron chi connectivity index (χ0n) is 11.7. The third kappa shape index (κ3) is 3.92. The Balaban J connectivity index is 2.06. The molecule has 2 rings (SSSR count). The van der Waals surface area contributed by atoms with E-state index in [1.807, 2.05) is 0 Å². The summed E-state index contributed by atoms with van der Waals surface area (Å²) >= 11 is 0. The van der Waals surface area contributed by atoms with Gasteiger partial charge >= 0.3 is 10.4 Å². The number of carbonyl (C=O) groups is 1. The number of amides is 1. The van der Waals surface area contributed by atoms with E-state index in [0.717, 1.165) is 4.31 Å². The minimum absolute atomic E-state index is 0.0271. The SMILES string of the molecule is COc1ccc(C(=O)N2CCCN(S(=O)(=O)F)CC2)cc1. The average molecular weight is 316 g/mol. The Labute approximate surface area is 123 Å². The van der Waals surface area contributed by atoms with Gasteiger partial charge in [-0.3, -0.25) is 4.79 Å². The van der Waals surface area contributed by atoms with Crippen LogP contribution in [0.5, 0.6) is 5.75 Å². The Morgan fingerprint density at radius 2 is 1.81 bits per heavy atom. The van der Waals surface area contributed by atoms with Gasteiger partial charge in [-0.05, 0) is 30.7 Å². The predicted octanol–water partition coefficient (Wildman–Crippen LogP) is 1.06. The third-order valence-electron chi connectivity index (χ3n) is 3.39. The number of nitrogens with zero attached hydrogens (tertiary/aromatic N) is 2. The zero-order valence-corrected chi connectivity index (χ0v) is 12.5. The molecule has 0 aromatic heterocycles. The van der Waals surface area contributed by atoms with Crippen LogP contribution in [0.3, 0.4) is 0 Å². The highest BCUT2D eigenvalue weighted by Gasteiger charge is 2.26. The summed E-state index contributed by atoms with van der Waals surface area (Å²) in [6, 6.07) is 6.66. The maximum Gasteiger partial charge on any atom is 0.374 e. The van der Waals surface area contributed by atoms with Gasteiger partial charge in [-0.25, -0.2) is 0 Å². The lowest BCUT2D eigenvalue weighted by molar-refractivity contribution is 0.0764. The second-order valence-corrected chi connectivity index (χ2v) is 6.06. The van der Waals surface area contributed by atoms with Gasteiger partial charge in [0.1, 0.15) is 5.75 Å². The molecule has 6 nitrogen and oxygen atoms in total. The van der Waals surface area contributed by atoms with E-state index in [0.29, 0.717) is 24.3 Å². The zero-order chi connectivity index (χ0) is 15.5. The van der Waals surface area contributed by atoms with Crippen LogP contribution in [0.25, 0.3) is 0 Å². The van der Waals surface area contributed by atoms with Crippen molar-refractivity contribution in [2.24, 2.45) is 0 Å².